The molecule has 0 radical (unpaired) electrons. The van der Waals surface area contributed by atoms with E-state index in [0.717, 1.165) is 6.54 Å². The molecule has 0 amide bonds. The maximum atomic E-state index is 5.63. The molecule has 3 nitrogen and oxygen atoms in total. The molecule has 0 fully saturated rings. The van der Waals surface area contributed by atoms with Crippen LogP contribution in [0.25, 0.3) is 0 Å². The van der Waals surface area contributed by atoms with Crippen molar-refractivity contribution in [3.63, 3.8) is 0 Å². The first-order valence-electron chi connectivity index (χ1n) is 2.88. The quantitative estimate of drug-likeness (QED) is 0.618. The number of hydrazine groups is 1. The van der Waals surface area contributed by atoms with Crippen molar-refractivity contribution < 1.29 is 0 Å². The highest BCUT2D eigenvalue weighted by molar-refractivity contribution is 6.69. The Morgan fingerprint density at radius 1 is 1.70 bits per heavy atom. The van der Waals surface area contributed by atoms with Crippen LogP contribution in [0.5, 0.6) is 0 Å². The third-order valence-corrected chi connectivity index (χ3v) is 1.38. The van der Waals surface area contributed by atoms with E-state index in [1.807, 2.05) is 6.92 Å². The van der Waals surface area contributed by atoms with Gasteiger partial charge in [0.25, 0.3) is 0 Å². The average molecular weight is 180 g/mol. The van der Waals surface area contributed by atoms with E-state index >= 15 is 0 Å². The molecule has 0 spiro atoms. The van der Waals surface area contributed by atoms with E-state index in [1.165, 1.54) is 0 Å². The minimum Gasteiger partial charge on any atom is -0.271 e. The molecule has 0 atom stereocenters. The van der Waals surface area contributed by atoms with Gasteiger partial charge in [0.05, 0.1) is 6.54 Å². The molecule has 0 aliphatic carbocycles. The Bertz CT molecular complexity index is 187. The number of halogens is 2. The number of rotatable bonds is 1. The fourth-order valence-corrected chi connectivity index (χ4v) is 1.04. The number of allylic oxidation sites excluding steroid dienone is 1. The van der Waals surface area contributed by atoms with Gasteiger partial charge >= 0.3 is 0 Å². The first kappa shape index (κ1) is 7.69. The molecule has 0 unspecified atom stereocenters. The molecule has 0 bridgehead atoms. The van der Waals surface area contributed by atoms with Gasteiger partial charge in [-0.1, -0.05) is 23.2 Å². The standard InChI is InChI=1S/C5H7Cl2N3/c1-2-10-8-4(6)3-5(7)9-10/h3,8H,2H2,1H3. The SMILES string of the molecule is CCN1N=C(Cl)C=C(Cl)N1. The monoisotopic (exact) mass is 179 g/mol. The summed E-state index contributed by atoms with van der Waals surface area (Å²) in [7, 11) is 0. The lowest BCUT2D eigenvalue weighted by Gasteiger charge is -2.21. The van der Waals surface area contributed by atoms with Crippen molar-refractivity contribution in [2.75, 3.05) is 6.54 Å². The van der Waals surface area contributed by atoms with Crippen LogP contribution in [0, 0.1) is 0 Å². The second kappa shape index (κ2) is 3.12. The molecule has 10 heavy (non-hydrogen) atoms. The molecule has 56 valence electrons. The molecule has 1 heterocycles. The van der Waals surface area contributed by atoms with Crippen molar-refractivity contribution in [1.82, 2.24) is 10.5 Å². The summed E-state index contributed by atoms with van der Waals surface area (Å²) in [5.41, 5.74) is 2.78. The van der Waals surface area contributed by atoms with Crippen LogP contribution in [0.3, 0.4) is 0 Å². The Morgan fingerprint density at radius 3 is 2.90 bits per heavy atom. The molecule has 0 aromatic carbocycles. The van der Waals surface area contributed by atoms with E-state index in [4.69, 9.17) is 23.2 Å². The molecule has 0 saturated heterocycles. The summed E-state index contributed by atoms with van der Waals surface area (Å²) in [5.74, 6) is 0. The van der Waals surface area contributed by atoms with E-state index in [9.17, 15) is 0 Å². The van der Waals surface area contributed by atoms with Crippen LogP contribution in [0.4, 0.5) is 0 Å². The minimum atomic E-state index is 0.394. The fourth-order valence-electron chi connectivity index (χ4n) is 0.579. The van der Waals surface area contributed by atoms with Crippen LogP contribution < -0.4 is 5.43 Å². The number of hydrazone groups is 1. The summed E-state index contributed by atoms with van der Waals surface area (Å²) in [6.45, 7) is 2.66. The number of nitrogens with zero attached hydrogens (tertiary/aromatic N) is 2. The molecule has 0 aromatic heterocycles. The number of hydrogen-bond donors (Lipinski definition) is 1. The third kappa shape index (κ3) is 1.78. The van der Waals surface area contributed by atoms with Crippen molar-refractivity contribution in [2.45, 2.75) is 6.92 Å². The average Bonchev–Trinajstić information content (AvgIpc) is 1.85. The van der Waals surface area contributed by atoms with Gasteiger partial charge in [0.15, 0.2) is 5.17 Å². The largest absolute Gasteiger partial charge is 0.271 e. The van der Waals surface area contributed by atoms with E-state index < -0.39 is 0 Å². The molecular weight excluding hydrogens is 173 g/mol. The second-order valence-electron chi connectivity index (χ2n) is 1.74. The Kier molecular flexibility index (Phi) is 2.40. The maximum absolute atomic E-state index is 5.63. The van der Waals surface area contributed by atoms with Crippen molar-refractivity contribution in [3.8, 4) is 0 Å². The second-order valence-corrected chi connectivity index (χ2v) is 2.54. The summed E-state index contributed by atoms with van der Waals surface area (Å²) in [6.07, 6.45) is 1.55. The molecule has 1 aliphatic heterocycles. The van der Waals surface area contributed by atoms with Crippen LogP contribution >= 0.6 is 23.2 Å². The summed E-state index contributed by atoms with van der Waals surface area (Å²) in [6, 6.07) is 0. The van der Waals surface area contributed by atoms with Gasteiger partial charge in [-0.15, -0.1) is 5.10 Å². The molecule has 1 aliphatic rings. The molecule has 0 saturated carbocycles. The highest BCUT2D eigenvalue weighted by Crippen LogP contribution is 2.07. The number of hydrogen-bond acceptors (Lipinski definition) is 3. The topological polar surface area (TPSA) is 27.6 Å². The maximum Gasteiger partial charge on any atom is 0.154 e. The Labute approximate surface area is 69.3 Å². The van der Waals surface area contributed by atoms with Crippen molar-refractivity contribution in [2.24, 2.45) is 5.10 Å². The van der Waals surface area contributed by atoms with Gasteiger partial charge < -0.3 is 0 Å². The summed E-state index contributed by atoms with van der Waals surface area (Å²) >= 11 is 11.2. The van der Waals surface area contributed by atoms with E-state index in [2.05, 4.69) is 10.5 Å². The van der Waals surface area contributed by atoms with Crippen LogP contribution in [-0.4, -0.2) is 16.8 Å². The Hall–Kier alpha value is -0.410. The molecular formula is C5H7Cl2N3. The van der Waals surface area contributed by atoms with Gasteiger partial charge in [-0.3, -0.25) is 5.43 Å². The lowest BCUT2D eigenvalue weighted by atomic mass is 10.6. The zero-order chi connectivity index (χ0) is 7.56. The van der Waals surface area contributed by atoms with Gasteiger partial charge in [0, 0.05) is 6.08 Å². The zero-order valence-corrected chi connectivity index (χ0v) is 6.95. The van der Waals surface area contributed by atoms with Crippen molar-refractivity contribution >= 4 is 28.4 Å². The van der Waals surface area contributed by atoms with Crippen molar-refractivity contribution in [1.29, 1.82) is 0 Å². The highest BCUT2D eigenvalue weighted by atomic mass is 35.5. The van der Waals surface area contributed by atoms with Crippen LogP contribution in [0.15, 0.2) is 16.3 Å². The lowest BCUT2D eigenvalue weighted by Crippen LogP contribution is -2.34. The van der Waals surface area contributed by atoms with E-state index in [1.54, 1.807) is 11.2 Å². The minimum absolute atomic E-state index is 0.394. The number of nitrogens with one attached hydrogen (secondary N) is 1. The summed E-state index contributed by atoms with van der Waals surface area (Å²) in [5, 5.41) is 6.34. The predicted molar refractivity (Wildman–Crippen MR) is 42.7 cm³/mol. The highest BCUT2D eigenvalue weighted by Gasteiger charge is 2.06. The fraction of sp³-hybridized carbons (Fsp3) is 0.400. The van der Waals surface area contributed by atoms with Gasteiger partial charge in [0.2, 0.25) is 0 Å². The normalized spacial score (nSPS) is 17.7. The predicted octanol–water partition coefficient (Wildman–Crippen LogP) is 1.46. The van der Waals surface area contributed by atoms with Crippen molar-refractivity contribution in [3.05, 3.63) is 11.2 Å². The summed E-state index contributed by atoms with van der Waals surface area (Å²) < 4.78 is 0. The smallest absolute Gasteiger partial charge is 0.154 e. The van der Waals surface area contributed by atoms with Crippen LogP contribution in [0.2, 0.25) is 0 Å². The van der Waals surface area contributed by atoms with Crippen LogP contribution in [-0.2, 0) is 0 Å². The van der Waals surface area contributed by atoms with Gasteiger partial charge in [0.1, 0.15) is 5.16 Å². The first-order chi connectivity index (χ1) is 4.72. The Balaban J connectivity index is 2.67. The first-order valence-corrected chi connectivity index (χ1v) is 3.63. The van der Waals surface area contributed by atoms with Gasteiger partial charge in [-0.25, -0.2) is 5.12 Å². The lowest BCUT2D eigenvalue weighted by molar-refractivity contribution is 0.240. The third-order valence-electron chi connectivity index (χ3n) is 0.997. The molecule has 5 heteroatoms. The van der Waals surface area contributed by atoms with Gasteiger partial charge in [-0.2, -0.15) is 0 Å². The molecule has 0 aromatic rings. The zero-order valence-electron chi connectivity index (χ0n) is 5.43. The molecule has 1 N–H and O–H groups in total. The van der Waals surface area contributed by atoms with E-state index in [0.29, 0.717) is 10.3 Å². The van der Waals surface area contributed by atoms with Gasteiger partial charge in [-0.05, 0) is 6.92 Å². The van der Waals surface area contributed by atoms with E-state index in [-0.39, 0.29) is 0 Å². The Morgan fingerprint density at radius 2 is 2.40 bits per heavy atom. The summed E-state index contributed by atoms with van der Waals surface area (Å²) in [4.78, 5) is 0. The molecule has 1 rings (SSSR count). The van der Waals surface area contributed by atoms with Crippen LogP contribution in [0.1, 0.15) is 6.92 Å².